The SMILES string of the molecule is C=CCN1CC(CC)NCC1(C)C. The van der Waals surface area contributed by atoms with E-state index in [4.69, 9.17) is 0 Å². The van der Waals surface area contributed by atoms with Gasteiger partial charge in [-0.05, 0) is 20.3 Å². The minimum atomic E-state index is 0.278. The number of piperazine rings is 1. The molecule has 0 aromatic heterocycles. The molecular weight excluding hydrogens is 160 g/mol. The van der Waals surface area contributed by atoms with E-state index in [1.54, 1.807) is 0 Å². The van der Waals surface area contributed by atoms with Crippen LogP contribution in [-0.4, -0.2) is 36.1 Å². The van der Waals surface area contributed by atoms with Gasteiger partial charge in [0, 0.05) is 31.2 Å². The zero-order chi connectivity index (χ0) is 9.90. The molecule has 1 atom stereocenters. The Hall–Kier alpha value is -0.340. The second kappa shape index (κ2) is 4.25. The molecule has 0 saturated carbocycles. The summed E-state index contributed by atoms with van der Waals surface area (Å²) in [6.07, 6.45) is 3.21. The van der Waals surface area contributed by atoms with Gasteiger partial charge in [0.2, 0.25) is 0 Å². The van der Waals surface area contributed by atoms with Crippen molar-refractivity contribution in [1.29, 1.82) is 0 Å². The average Bonchev–Trinajstić information content (AvgIpc) is 2.09. The van der Waals surface area contributed by atoms with E-state index in [2.05, 4.69) is 37.6 Å². The van der Waals surface area contributed by atoms with Crippen LogP contribution in [0.2, 0.25) is 0 Å². The van der Waals surface area contributed by atoms with Crippen LogP contribution >= 0.6 is 0 Å². The summed E-state index contributed by atoms with van der Waals surface area (Å²) in [5.74, 6) is 0. The molecule has 2 heteroatoms. The third-order valence-electron chi connectivity index (χ3n) is 2.96. The van der Waals surface area contributed by atoms with Crippen molar-refractivity contribution in [2.75, 3.05) is 19.6 Å². The average molecular weight is 182 g/mol. The lowest BCUT2D eigenvalue weighted by Crippen LogP contribution is -2.61. The van der Waals surface area contributed by atoms with Crippen LogP contribution in [0.15, 0.2) is 12.7 Å². The predicted octanol–water partition coefficient (Wildman–Crippen LogP) is 1.63. The number of hydrogen-bond donors (Lipinski definition) is 1. The smallest absolute Gasteiger partial charge is 0.0281 e. The summed E-state index contributed by atoms with van der Waals surface area (Å²) < 4.78 is 0. The Balaban J connectivity index is 2.57. The Morgan fingerprint density at radius 3 is 2.85 bits per heavy atom. The fourth-order valence-corrected chi connectivity index (χ4v) is 1.83. The number of hydrogen-bond acceptors (Lipinski definition) is 2. The highest BCUT2D eigenvalue weighted by Crippen LogP contribution is 2.18. The van der Waals surface area contributed by atoms with Crippen LogP contribution in [0.25, 0.3) is 0 Å². The van der Waals surface area contributed by atoms with Crippen molar-refractivity contribution < 1.29 is 0 Å². The van der Waals surface area contributed by atoms with Gasteiger partial charge in [-0.25, -0.2) is 0 Å². The van der Waals surface area contributed by atoms with Crippen LogP contribution in [-0.2, 0) is 0 Å². The van der Waals surface area contributed by atoms with Crippen LogP contribution in [0, 0.1) is 0 Å². The maximum absolute atomic E-state index is 3.81. The second-order valence-corrected chi connectivity index (χ2v) is 4.49. The van der Waals surface area contributed by atoms with Crippen molar-refractivity contribution in [3.63, 3.8) is 0 Å². The van der Waals surface area contributed by atoms with Gasteiger partial charge in [-0.3, -0.25) is 4.90 Å². The zero-order valence-corrected chi connectivity index (χ0v) is 9.14. The molecule has 13 heavy (non-hydrogen) atoms. The van der Waals surface area contributed by atoms with E-state index in [1.165, 1.54) is 6.42 Å². The Morgan fingerprint density at radius 2 is 2.31 bits per heavy atom. The highest BCUT2D eigenvalue weighted by Gasteiger charge is 2.32. The number of nitrogens with one attached hydrogen (secondary N) is 1. The normalized spacial score (nSPS) is 28.7. The predicted molar refractivity (Wildman–Crippen MR) is 57.9 cm³/mol. The second-order valence-electron chi connectivity index (χ2n) is 4.49. The first-order chi connectivity index (χ1) is 6.10. The van der Waals surface area contributed by atoms with Gasteiger partial charge >= 0.3 is 0 Å². The first-order valence-electron chi connectivity index (χ1n) is 5.19. The van der Waals surface area contributed by atoms with Gasteiger partial charge < -0.3 is 5.32 Å². The molecule has 1 unspecified atom stereocenters. The summed E-state index contributed by atoms with van der Waals surface area (Å²) in [6, 6.07) is 0.660. The molecule has 0 spiro atoms. The fourth-order valence-electron chi connectivity index (χ4n) is 1.83. The first-order valence-corrected chi connectivity index (χ1v) is 5.19. The topological polar surface area (TPSA) is 15.3 Å². The summed E-state index contributed by atoms with van der Waals surface area (Å²) >= 11 is 0. The summed E-state index contributed by atoms with van der Waals surface area (Å²) in [5, 5.41) is 3.57. The van der Waals surface area contributed by atoms with Gasteiger partial charge in [-0.15, -0.1) is 6.58 Å². The molecule has 1 heterocycles. The molecule has 0 amide bonds. The maximum Gasteiger partial charge on any atom is 0.0281 e. The molecule has 1 rings (SSSR count). The molecule has 1 saturated heterocycles. The van der Waals surface area contributed by atoms with Gasteiger partial charge in [0.15, 0.2) is 0 Å². The number of rotatable bonds is 3. The monoisotopic (exact) mass is 182 g/mol. The molecule has 76 valence electrons. The van der Waals surface area contributed by atoms with Crippen molar-refractivity contribution in [2.45, 2.75) is 38.8 Å². The quantitative estimate of drug-likeness (QED) is 0.667. The molecule has 0 aromatic rings. The van der Waals surface area contributed by atoms with E-state index in [0.717, 1.165) is 19.6 Å². The van der Waals surface area contributed by atoms with Crippen molar-refractivity contribution in [1.82, 2.24) is 10.2 Å². The molecule has 0 aliphatic carbocycles. The van der Waals surface area contributed by atoms with Crippen LogP contribution < -0.4 is 5.32 Å². The molecule has 1 fully saturated rings. The van der Waals surface area contributed by atoms with Crippen LogP contribution in [0.4, 0.5) is 0 Å². The van der Waals surface area contributed by atoms with E-state index < -0.39 is 0 Å². The zero-order valence-electron chi connectivity index (χ0n) is 9.14. The van der Waals surface area contributed by atoms with Crippen LogP contribution in [0.3, 0.4) is 0 Å². The van der Waals surface area contributed by atoms with E-state index in [-0.39, 0.29) is 5.54 Å². The van der Waals surface area contributed by atoms with Gasteiger partial charge in [0.1, 0.15) is 0 Å². The van der Waals surface area contributed by atoms with Crippen molar-refractivity contribution in [3.8, 4) is 0 Å². The standard InChI is InChI=1S/C11H22N2/c1-5-7-13-8-10(6-2)12-9-11(13,3)4/h5,10,12H,1,6-9H2,2-4H3. The lowest BCUT2D eigenvalue weighted by atomic mass is 9.96. The minimum absolute atomic E-state index is 0.278. The molecule has 2 nitrogen and oxygen atoms in total. The van der Waals surface area contributed by atoms with Crippen molar-refractivity contribution in [2.24, 2.45) is 0 Å². The summed E-state index contributed by atoms with van der Waals surface area (Å²) in [6.45, 7) is 13.9. The van der Waals surface area contributed by atoms with Crippen LogP contribution in [0.5, 0.6) is 0 Å². The summed E-state index contributed by atoms with van der Waals surface area (Å²) in [4.78, 5) is 2.50. The summed E-state index contributed by atoms with van der Waals surface area (Å²) in [5.41, 5.74) is 0.278. The highest BCUT2D eigenvalue weighted by atomic mass is 15.3. The molecule has 1 aliphatic heterocycles. The van der Waals surface area contributed by atoms with E-state index in [9.17, 15) is 0 Å². The Bertz CT molecular complexity index is 175. The molecule has 0 radical (unpaired) electrons. The van der Waals surface area contributed by atoms with E-state index in [0.29, 0.717) is 6.04 Å². The summed E-state index contributed by atoms with van der Waals surface area (Å²) in [7, 11) is 0. The Morgan fingerprint density at radius 1 is 1.62 bits per heavy atom. The Kier molecular flexibility index (Phi) is 3.51. The number of nitrogens with zero attached hydrogens (tertiary/aromatic N) is 1. The Labute approximate surface area is 82.0 Å². The van der Waals surface area contributed by atoms with Gasteiger partial charge in [-0.1, -0.05) is 13.0 Å². The van der Waals surface area contributed by atoms with Crippen molar-refractivity contribution >= 4 is 0 Å². The molecule has 1 N–H and O–H groups in total. The lowest BCUT2D eigenvalue weighted by molar-refractivity contribution is 0.0776. The van der Waals surface area contributed by atoms with Gasteiger partial charge in [0.25, 0.3) is 0 Å². The largest absolute Gasteiger partial charge is 0.311 e. The third kappa shape index (κ3) is 2.55. The molecule has 1 aliphatic rings. The molecule has 0 bridgehead atoms. The van der Waals surface area contributed by atoms with Crippen LogP contribution in [0.1, 0.15) is 27.2 Å². The molecular formula is C11H22N2. The van der Waals surface area contributed by atoms with Crippen molar-refractivity contribution in [3.05, 3.63) is 12.7 Å². The van der Waals surface area contributed by atoms with E-state index >= 15 is 0 Å². The third-order valence-corrected chi connectivity index (χ3v) is 2.96. The molecule has 0 aromatic carbocycles. The van der Waals surface area contributed by atoms with E-state index in [1.807, 2.05) is 6.08 Å². The fraction of sp³-hybridized carbons (Fsp3) is 0.818. The minimum Gasteiger partial charge on any atom is -0.311 e. The highest BCUT2D eigenvalue weighted by molar-refractivity contribution is 4.94. The van der Waals surface area contributed by atoms with Gasteiger partial charge in [-0.2, -0.15) is 0 Å². The maximum atomic E-state index is 3.81. The first kappa shape index (κ1) is 10.7. The van der Waals surface area contributed by atoms with Gasteiger partial charge in [0.05, 0.1) is 0 Å². The lowest BCUT2D eigenvalue weighted by Gasteiger charge is -2.45.